The molecule has 102 valence electrons. The number of methoxy groups -OCH3 is 1. The van der Waals surface area contributed by atoms with Crippen LogP contribution in [0.25, 0.3) is 10.9 Å². The Balaban J connectivity index is 2.81. The summed E-state index contributed by atoms with van der Waals surface area (Å²) < 4.78 is 37.0. The average molecular weight is 270 g/mol. The predicted molar refractivity (Wildman–Crippen MR) is 65.1 cm³/mol. The number of rotatable bonds is 3. The summed E-state index contributed by atoms with van der Waals surface area (Å²) in [6.07, 6.45) is 0. The summed E-state index contributed by atoms with van der Waals surface area (Å²) >= 11 is 0. The van der Waals surface area contributed by atoms with Crippen LogP contribution in [0.4, 0.5) is 14.6 Å². The zero-order chi connectivity index (χ0) is 14.2. The van der Waals surface area contributed by atoms with E-state index >= 15 is 0 Å². The zero-order valence-electron chi connectivity index (χ0n) is 10.3. The number of carbonyl (C=O) groups is 1. The Hall–Kier alpha value is -2.31. The van der Waals surface area contributed by atoms with Gasteiger partial charge in [0.1, 0.15) is 17.1 Å². The maximum atomic E-state index is 13.9. The van der Waals surface area contributed by atoms with Crippen LogP contribution in [0, 0.1) is 11.6 Å². The highest BCUT2D eigenvalue weighted by Gasteiger charge is 2.25. The molecule has 1 aromatic heterocycles. The van der Waals surface area contributed by atoms with Crippen molar-refractivity contribution in [2.24, 2.45) is 0 Å². The van der Waals surface area contributed by atoms with Crippen molar-refractivity contribution in [1.29, 1.82) is 0 Å². The second-order valence-corrected chi connectivity index (χ2v) is 3.76. The van der Waals surface area contributed by atoms with Gasteiger partial charge in [0.15, 0.2) is 11.6 Å². The number of nitrogens with one attached hydrogen (secondary N) is 1. The minimum atomic E-state index is -1.17. The maximum Gasteiger partial charge on any atom is 0.342 e. The van der Waals surface area contributed by atoms with Crippen LogP contribution in [0.15, 0.2) is 6.07 Å². The van der Waals surface area contributed by atoms with Crippen LogP contribution in [0.3, 0.4) is 0 Å². The summed E-state index contributed by atoms with van der Waals surface area (Å²) in [5.74, 6) is -3.18. The normalized spacial score (nSPS) is 10.7. The number of nitrogen functional groups attached to an aromatic ring is 1. The van der Waals surface area contributed by atoms with E-state index < -0.39 is 17.6 Å². The first-order valence-corrected chi connectivity index (χ1v) is 5.51. The second kappa shape index (κ2) is 4.75. The van der Waals surface area contributed by atoms with E-state index in [1.807, 2.05) is 0 Å². The number of aromatic amines is 1. The van der Waals surface area contributed by atoms with Crippen LogP contribution in [0.5, 0.6) is 5.75 Å². The molecule has 0 radical (unpaired) electrons. The lowest BCUT2D eigenvalue weighted by atomic mass is 10.1. The Labute approximate surface area is 107 Å². The number of fused-ring (bicyclic) bond motifs is 1. The molecule has 2 aromatic rings. The van der Waals surface area contributed by atoms with Crippen molar-refractivity contribution in [3.8, 4) is 5.75 Å². The molecule has 0 unspecified atom stereocenters. The van der Waals surface area contributed by atoms with E-state index in [-0.39, 0.29) is 34.6 Å². The molecule has 0 saturated heterocycles. The molecule has 7 heteroatoms. The van der Waals surface area contributed by atoms with Gasteiger partial charge in [0, 0.05) is 6.07 Å². The minimum absolute atomic E-state index is 0.0520. The van der Waals surface area contributed by atoms with Crippen LogP contribution in [0.2, 0.25) is 0 Å². The van der Waals surface area contributed by atoms with Crippen molar-refractivity contribution >= 4 is 22.7 Å². The van der Waals surface area contributed by atoms with Crippen LogP contribution in [-0.2, 0) is 4.74 Å². The largest absolute Gasteiger partial charge is 0.494 e. The number of ether oxygens (including phenoxy) is 2. The number of nitrogens with two attached hydrogens (primary N) is 1. The summed E-state index contributed by atoms with van der Waals surface area (Å²) in [6.45, 7) is 1.69. The molecule has 0 atom stereocenters. The highest BCUT2D eigenvalue weighted by molar-refractivity contribution is 6.10. The first-order valence-electron chi connectivity index (χ1n) is 5.51. The molecule has 2 rings (SSSR count). The quantitative estimate of drug-likeness (QED) is 0.838. The third kappa shape index (κ3) is 1.96. The van der Waals surface area contributed by atoms with Gasteiger partial charge < -0.3 is 20.2 Å². The van der Waals surface area contributed by atoms with Crippen molar-refractivity contribution in [3.05, 3.63) is 23.3 Å². The molecule has 0 bridgehead atoms. The van der Waals surface area contributed by atoms with Crippen molar-refractivity contribution in [1.82, 2.24) is 4.98 Å². The molecular weight excluding hydrogens is 258 g/mol. The molecule has 0 saturated carbocycles. The topological polar surface area (TPSA) is 77.3 Å². The lowest BCUT2D eigenvalue weighted by Gasteiger charge is -2.05. The minimum Gasteiger partial charge on any atom is -0.494 e. The summed E-state index contributed by atoms with van der Waals surface area (Å²) in [5, 5.41) is -0.271. The lowest BCUT2D eigenvalue weighted by molar-refractivity contribution is 0.0529. The molecule has 0 fully saturated rings. The SMILES string of the molecule is CCOC(=O)c1c(N)[nH]c2c(OC)cc(F)c(F)c12. The fourth-order valence-electron chi connectivity index (χ4n) is 1.87. The van der Waals surface area contributed by atoms with Gasteiger partial charge in [-0.3, -0.25) is 0 Å². The number of benzene rings is 1. The van der Waals surface area contributed by atoms with Crippen LogP contribution in [0.1, 0.15) is 17.3 Å². The van der Waals surface area contributed by atoms with Crippen molar-refractivity contribution in [2.45, 2.75) is 6.92 Å². The monoisotopic (exact) mass is 270 g/mol. The van der Waals surface area contributed by atoms with Gasteiger partial charge in [-0.2, -0.15) is 0 Å². The number of hydrogen-bond acceptors (Lipinski definition) is 4. The van der Waals surface area contributed by atoms with E-state index in [4.69, 9.17) is 15.2 Å². The molecule has 0 amide bonds. The maximum absolute atomic E-state index is 13.9. The van der Waals surface area contributed by atoms with Crippen LogP contribution < -0.4 is 10.5 Å². The second-order valence-electron chi connectivity index (χ2n) is 3.76. The number of anilines is 1. The smallest absolute Gasteiger partial charge is 0.342 e. The zero-order valence-corrected chi connectivity index (χ0v) is 10.3. The molecule has 19 heavy (non-hydrogen) atoms. The Morgan fingerprint density at radius 2 is 2.16 bits per heavy atom. The molecule has 1 heterocycles. The standard InChI is InChI=1S/C12H12F2N2O3/c1-3-19-12(17)8-7-9(14)5(13)4-6(18-2)10(7)16-11(8)15/h4,16H,3,15H2,1-2H3. The van der Waals surface area contributed by atoms with Gasteiger partial charge >= 0.3 is 5.97 Å². The predicted octanol–water partition coefficient (Wildman–Crippen LogP) is 2.21. The van der Waals surface area contributed by atoms with Gasteiger partial charge in [-0.05, 0) is 6.92 Å². The Kier molecular flexibility index (Phi) is 3.28. The van der Waals surface area contributed by atoms with Crippen LogP contribution in [-0.4, -0.2) is 24.7 Å². The summed E-state index contributed by atoms with van der Waals surface area (Å²) in [7, 11) is 1.30. The Morgan fingerprint density at radius 1 is 1.47 bits per heavy atom. The molecule has 0 aliphatic carbocycles. The Morgan fingerprint density at radius 3 is 2.74 bits per heavy atom. The van der Waals surface area contributed by atoms with Crippen molar-refractivity contribution in [2.75, 3.05) is 19.5 Å². The highest BCUT2D eigenvalue weighted by Crippen LogP contribution is 2.35. The molecular formula is C12H12F2N2O3. The molecule has 0 aliphatic heterocycles. The first kappa shape index (κ1) is 13.1. The number of halogens is 2. The summed E-state index contributed by atoms with van der Waals surface area (Å²) in [4.78, 5) is 14.4. The van der Waals surface area contributed by atoms with E-state index in [9.17, 15) is 13.6 Å². The number of aromatic nitrogens is 1. The van der Waals surface area contributed by atoms with E-state index in [1.54, 1.807) is 6.92 Å². The van der Waals surface area contributed by atoms with E-state index in [0.29, 0.717) is 0 Å². The van der Waals surface area contributed by atoms with E-state index in [0.717, 1.165) is 6.07 Å². The molecule has 0 spiro atoms. The van der Waals surface area contributed by atoms with Gasteiger partial charge in [-0.1, -0.05) is 0 Å². The number of esters is 1. The van der Waals surface area contributed by atoms with Crippen LogP contribution >= 0.6 is 0 Å². The van der Waals surface area contributed by atoms with Crippen molar-refractivity contribution < 1.29 is 23.0 Å². The number of H-pyrrole nitrogens is 1. The first-order chi connectivity index (χ1) is 9.01. The van der Waals surface area contributed by atoms with Gasteiger partial charge in [0.25, 0.3) is 0 Å². The Bertz CT molecular complexity index is 652. The third-order valence-corrected chi connectivity index (χ3v) is 2.66. The third-order valence-electron chi connectivity index (χ3n) is 2.66. The molecule has 5 nitrogen and oxygen atoms in total. The molecule has 0 aliphatic rings. The van der Waals surface area contributed by atoms with Crippen molar-refractivity contribution in [3.63, 3.8) is 0 Å². The average Bonchev–Trinajstić information content (AvgIpc) is 2.71. The number of hydrogen-bond donors (Lipinski definition) is 2. The summed E-state index contributed by atoms with van der Waals surface area (Å²) in [5.41, 5.74) is 5.51. The fourth-order valence-corrected chi connectivity index (χ4v) is 1.87. The van der Waals surface area contributed by atoms with Gasteiger partial charge in [0.2, 0.25) is 0 Å². The summed E-state index contributed by atoms with van der Waals surface area (Å²) in [6, 6.07) is 0.878. The van der Waals surface area contributed by atoms with Gasteiger partial charge in [0.05, 0.1) is 24.6 Å². The lowest BCUT2D eigenvalue weighted by Crippen LogP contribution is -2.07. The number of carbonyl (C=O) groups excluding carboxylic acids is 1. The van der Waals surface area contributed by atoms with Gasteiger partial charge in [-0.15, -0.1) is 0 Å². The van der Waals surface area contributed by atoms with Gasteiger partial charge in [-0.25, -0.2) is 13.6 Å². The molecule has 3 N–H and O–H groups in total. The molecule has 1 aromatic carbocycles. The van der Waals surface area contributed by atoms with E-state index in [1.165, 1.54) is 7.11 Å². The fraction of sp³-hybridized carbons (Fsp3) is 0.250. The highest BCUT2D eigenvalue weighted by atomic mass is 19.2. The van der Waals surface area contributed by atoms with E-state index in [2.05, 4.69) is 4.98 Å².